The van der Waals surface area contributed by atoms with Gasteiger partial charge >= 0.3 is 5.97 Å². The average molecular weight is 542 g/mol. The van der Waals surface area contributed by atoms with Crippen LogP contribution in [-0.2, 0) is 34.8 Å². The molecule has 0 saturated carbocycles. The molecule has 0 unspecified atom stereocenters. The van der Waals surface area contributed by atoms with Crippen molar-refractivity contribution in [2.45, 2.75) is 45.6 Å². The van der Waals surface area contributed by atoms with Gasteiger partial charge in [0.2, 0.25) is 0 Å². The summed E-state index contributed by atoms with van der Waals surface area (Å²) in [4.78, 5) is 30.9. The summed E-state index contributed by atoms with van der Waals surface area (Å²) in [6, 6.07) is 10.5. The highest BCUT2D eigenvalue weighted by Gasteiger charge is 2.45. The van der Waals surface area contributed by atoms with E-state index >= 15 is 4.39 Å². The van der Waals surface area contributed by atoms with Gasteiger partial charge in [-0.15, -0.1) is 0 Å². The summed E-state index contributed by atoms with van der Waals surface area (Å²) in [5.74, 6) is -0.467. The van der Waals surface area contributed by atoms with Gasteiger partial charge in [-0.25, -0.2) is 14.2 Å². The van der Waals surface area contributed by atoms with Gasteiger partial charge in [-0.3, -0.25) is 4.79 Å². The van der Waals surface area contributed by atoms with E-state index in [9.17, 15) is 14.7 Å². The SMILES string of the molecule is CC[C@@]1(O)C(=O)OCc2c1cc1n(c2=O)Cc2c-1nc1cc(F)c(C)c(/C=C/c3ccc(OC)cc3)c1c2CN. The Morgan fingerprint density at radius 3 is 2.62 bits per heavy atom. The third-order valence-corrected chi connectivity index (χ3v) is 8.10. The Labute approximate surface area is 229 Å². The van der Waals surface area contributed by atoms with Crippen LogP contribution in [0.1, 0.15) is 52.3 Å². The number of carbonyl (C=O) groups is 1. The maximum atomic E-state index is 15.2. The molecule has 8 nitrogen and oxygen atoms in total. The van der Waals surface area contributed by atoms with Crippen LogP contribution < -0.4 is 16.0 Å². The zero-order chi connectivity index (χ0) is 28.3. The predicted octanol–water partition coefficient (Wildman–Crippen LogP) is 4.16. The van der Waals surface area contributed by atoms with Gasteiger partial charge in [0.05, 0.1) is 36.1 Å². The molecule has 2 aliphatic rings. The summed E-state index contributed by atoms with van der Waals surface area (Å²) >= 11 is 0. The molecule has 2 aliphatic heterocycles. The van der Waals surface area contributed by atoms with Crippen LogP contribution in [0.3, 0.4) is 0 Å². The smallest absolute Gasteiger partial charge is 0.343 e. The summed E-state index contributed by atoms with van der Waals surface area (Å²) in [5.41, 5.74) is 9.37. The number of fused-ring (bicyclic) bond motifs is 5. The molecule has 3 N–H and O–H groups in total. The van der Waals surface area contributed by atoms with E-state index in [1.165, 1.54) is 6.07 Å². The van der Waals surface area contributed by atoms with Crippen LogP contribution in [0.2, 0.25) is 0 Å². The lowest BCUT2D eigenvalue weighted by Crippen LogP contribution is -2.44. The van der Waals surface area contributed by atoms with Gasteiger partial charge in [0.15, 0.2) is 5.60 Å². The molecule has 40 heavy (non-hydrogen) atoms. The lowest BCUT2D eigenvalue weighted by Gasteiger charge is -2.31. The monoisotopic (exact) mass is 541 g/mol. The van der Waals surface area contributed by atoms with E-state index in [-0.39, 0.29) is 42.8 Å². The quantitative estimate of drug-likeness (QED) is 0.253. The Bertz CT molecular complexity index is 1810. The van der Waals surface area contributed by atoms with Crippen molar-refractivity contribution >= 4 is 29.0 Å². The van der Waals surface area contributed by atoms with Crippen LogP contribution >= 0.6 is 0 Å². The molecule has 204 valence electrons. The van der Waals surface area contributed by atoms with Gasteiger partial charge in [0.25, 0.3) is 5.56 Å². The first kappa shape index (κ1) is 25.9. The van der Waals surface area contributed by atoms with Gasteiger partial charge < -0.3 is 24.9 Å². The minimum Gasteiger partial charge on any atom is -0.497 e. The van der Waals surface area contributed by atoms with Crippen LogP contribution in [0.4, 0.5) is 4.39 Å². The number of carbonyl (C=O) groups excluding carboxylic acids is 1. The summed E-state index contributed by atoms with van der Waals surface area (Å²) in [5, 5.41) is 11.9. The van der Waals surface area contributed by atoms with Crippen molar-refractivity contribution in [1.82, 2.24) is 9.55 Å². The number of pyridine rings is 2. The number of hydrogen-bond acceptors (Lipinski definition) is 7. The van der Waals surface area contributed by atoms with Crippen molar-refractivity contribution in [2.75, 3.05) is 7.11 Å². The molecule has 4 aromatic rings. The highest BCUT2D eigenvalue weighted by molar-refractivity contribution is 5.97. The van der Waals surface area contributed by atoms with Crippen molar-refractivity contribution in [1.29, 1.82) is 0 Å². The first-order valence-electron chi connectivity index (χ1n) is 13.1. The van der Waals surface area contributed by atoms with Crippen molar-refractivity contribution in [3.63, 3.8) is 0 Å². The van der Waals surface area contributed by atoms with Gasteiger partial charge in [0, 0.05) is 29.1 Å². The molecule has 2 aromatic carbocycles. The number of nitrogens with two attached hydrogens (primary N) is 1. The van der Waals surface area contributed by atoms with Gasteiger partial charge in [-0.2, -0.15) is 0 Å². The number of hydrogen-bond donors (Lipinski definition) is 2. The molecule has 0 fully saturated rings. The molecule has 9 heteroatoms. The van der Waals surface area contributed by atoms with Crippen LogP contribution in [0.15, 0.2) is 41.2 Å². The number of cyclic esters (lactones) is 1. The molecule has 4 heterocycles. The first-order chi connectivity index (χ1) is 19.2. The molecule has 2 aromatic heterocycles. The first-order valence-corrected chi connectivity index (χ1v) is 13.1. The van der Waals surface area contributed by atoms with E-state index in [1.807, 2.05) is 36.4 Å². The number of methoxy groups -OCH3 is 1. The minimum atomic E-state index is -1.93. The molecule has 1 atom stereocenters. The average Bonchev–Trinajstić information content (AvgIpc) is 3.33. The van der Waals surface area contributed by atoms with Crippen molar-refractivity contribution in [3.05, 3.63) is 91.5 Å². The Morgan fingerprint density at radius 1 is 1.20 bits per heavy atom. The number of benzene rings is 2. The summed E-state index contributed by atoms with van der Waals surface area (Å²) in [6.07, 6.45) is 3.79. The molecule has 0 spiro atoms. The predicted molar refractivity (Wildman–Crippen MR) is 149 cm³/mol. The second kappa shape index (κ2) is 9.39. The van der Waals surface area contributed by atoms with E-state index in [0.29, 0.717) is 28.0 Å². The van der Waals surface area contributed by atoms with Crippen LogP contribution in [-0.4, -0.2) is 27.7 Å². The number of halogens is 1. The topological polar surface area (TPSA) is 117 Å². The highest BCUT2D eigenvalue weighted by Crippen LogP contribution is 2.41. The van der Waals surface area contributed by atoms with Crippen molar-refractivity contribution in [3.8, 4) is 17.1 Å². The van der Waals surface area contributed by atoms with E-state index in [0.717, 1.165) is 27.8 Å². The van der Waals surface area contributed by atoms with E-state index in [4.69, 9.17) is 20.2 Å². The number of esters is 1. The van der Waals surface area contributed by atoms with E-state index in [1.54, 1.807) is 31.6 Å². The van der Waals surface area contributed by atoms with E-state index in [2.05, 4.69) is 0 Å². The molecular weight excluding hydrogens is 513 g/mol. The Kier molecular flexibility index (Phi) is 6.08. The lowest BCUT2D eigenvalue weighted by atomic mass is 9.86. The molecule has 0 radical (unpaired) electrons. The number of nitrogens with zero attached hydrogens (tertiary/aromatic N) is 2. The van der Waals surface area contributed by atoms with Crippen molar-refractivity contribution < 1.29 is 23.8 Å². The van der Waals surface area contributed by atoms with Crippen LogP contribution in [0, 0.1) is 12.7 Å². The highest BCUT2D eigenvalue weighted by atomic mass is 19.1. The minimum absolute atomic E-state index is 0.0438. The zero-order valence-electron chi connectivity index (χ0n) is 22.4. The second-order valence-corrected chi connectivity index (χ2v) is 10.1. The summed E-state index contributed by atoms with van der Waals surface area (Å²) in [7, 11) is 1.60. The fourth-order valence-electron chi connectivity index (χ4n) is 5.76. The van der Waals surface area contributed by atoms with Gasteiger partial charge in [-0.05, 0) is 53.8 Å². The Hall–Kier alpha value is -4.34. The Morgan fingerprint density at radius 2 is 1.95 bits per heavy atom. The van der Waals surface area contributed by atoms with Gasteiger partial charge in [-0.1, -0.05) is 31.2 Å². The fourth-order valence-corrected chi connectivity index (χ4v) is 5.76. The molecule has 0 saturated heterocycles. The molecule has 6 rings (SSSR count). The number of aliphatic hydroxyl groups is 1. The lowest BCUT2D eigenvalue weighted by molar-refractivity contribution is -0.172. The Balaban J connectivity index is 1.57. The summed E-state index contributed by atoms with van der Waals surface area (Å²) < 4.78 is 27.2. The normalized spacial score (nSPS) is 17.6. The third-order valence-electron chi connectivity index (χ3n) is 8.10. The van der Waals surface area contributed by atoms with E-state index < -0.39 is 17.4 Å². The third kappa shape index (κ3) is 3.69. The molecule has 0 aliphatic carbocycles. The summed E-state index contributed by atoms with van der Waals surface area (Å²) in [6.45, 7) is 3.50. The largest absolute Gasteiger partial charge is 0.497 e. The maximum Gasteiger partial charge on any atom is 0.343 e. The van der Waals surface area contributed by atoms with Crippen LogP contribution in [0.5, 0.6) is 5.75 Å². The fraction of sp³-hybridized carbons (Fsp3) is 0.258. The van der Waals surface area contributed by atoms with Gasteiger partial charge in [0.1, 0.15) is 18.2 Å². The molecular formula is C31H28FN3O5. The number of aromatic nitrogens is 2. The molecule has 0 amide bonds. The molecule has 0 bridgehead atoms. The van der Waals surface area contributed by atoms with Crippen LogP contribution in [0.25, 0.3) is 34.4 Å². The van der Waals surface area contributed by atoms with Crippen molar-refractivity contribution in [2.24, 2.45) is 5.73 Å². The maximum absolute atomic E-state index is 15.2. The second-order valence-electron chi connectivity index (χ2n) is 10.1. The zero-order valence-corrected chi connectivity index (χ0v) is 22.4. The number of rotatable bonds is 5. The standard InChI is InChI=1S/C31H28FN3O5/c1-4-31(38)23-11-26-28-21(14-35(26)29(36)22(23)15-40-30(31)37)20(13-33)27-19(16(2)24(32)12-25(27)34-28)10-7-17-5-8-18(39-3)9-6-17/h5-12,38H,4,13-15,33H2,1-3H3/b10-7+/t31-/m0/s1. The number of ether oxygens (including phenoxy) is 2.